The van der Waals surface area contributed by atoms with E-state index in [1.807, 2.05) is 60.7 Å². The van der Waals surface area contributed by atoms with E-state index in [9.17, 15) is 13.2 Å². The Balaban J connectivity index is 1.69. The molecule has 4 heteroatoms. The summed E-state index contributed by atoms with van der Waals surface area (Å²) in [7, 11) is 0. The molecule has 0 bridgehead atoms. The summed E-state index contributed by atoms with van der Waals surface area (Å²) in [6, 6.07) is 23.0. The van der Waals surface area contributed by atoms with E-state index in [2.05, 4.69) is 18.6 Å². The van der Waals surface area contributed by atoms with Gasteiger partial charge in [0, 0.05) is 5.56 Å². The van der Waals surface area contributed by atoms with Crippen LogP contribution in [0.3, 0.4) is 0 Å². The van der Waals surface area contributed by atoms with Gasteiger partial charge in [0.15, 0.2) is 0 Å². The van der Waals surface area contributed by atoms with Crippen LogP contribution in [0.25, 0.3) is 22.3 Å². The smallest absolute Gasteiger partial charge is 0.405 e. The average molecular weight is 467 g/mol. The molecule has 34 heavy (non-hydrogen) atoms. The standard InChI is InChI=1S/C30H33F3O/c1-3-21-10-8-9-13-27(21)26(4-2)25-18-19-28(29(20-25)34-30(31,32)33)24-16-14-23(15-17-24)22-11-6-5-7-12-22/h5-7,11-12,14-21,26-27H,3-4,8-10,13H2,1-2H3. The SMILES string of the molecule is CCC1CCCCC1C(CC)c1ccc(-c2ccc(-c3ccccc3)cc2)c(OC(F)(F)F)c1. The number of rotatable bonds is 7. The topological polar surface area (TPSA) is 9.23 Å². The summed E-state index contributed by atoms with van der Waals surface area (Å²) in [6.45, 7) is 4.38. The lowest BCUT2D eigenvalue weighted by molar-refractivity contribution is -0.274. The third-order valence-electron chi connectivity index (χ3n) is 7.41. The number of alkyl halides is 3. The summed E-state index contributed by atoms with van der Waals surface area (Å²) in [5.41, 5.74) is 4.22. The van der Waals surface area contributed by atoms with Gasteiger partial charge in [0.05, 0.1) is 0 Å². The normalized spacial score (nSPS) is 19.6. The molecule has 1 fully saturated rings. The zero-order valence-electron chi connectivity index (χ0n) is 19.9. The van der Waals surface area contributed by atoms with Crippen molar-refractivity contribution in [3.8, 4) is 28.0 Å². The van der Waals surface area contributed by atoms with Gasteiger partial charge in [-0.05, 0) is 58.9 Å². The Morgan fingerprint density at radius 1 is 0.824 bits per heavy atom. The zero-order valence-corrected chi connectivity index (χ0v) is 19.9. The van der Waals surface area contributed by atoms with Crippen molar-refractivity contribution in [2.24, 2.45) is 11.8 Å². The highest BCUT2D eigenvalue weighted by molar-refractivity contribution is 5.74. The van der Waals surface area contributed by atoms with Crippen LogP contribution in [0.2, 0.25) is 0 Å². The van der Waals surface area contributed by atoms with Crippen molar-refractivity contribution >= 4 is 0 Å². The van der Waals surface area contributed by atoms with E-state index >= 15 is 0 Å². The van der Waals surface area contributed by atoms with Gasteiger partial charge in [0.2, 0.25) is 0 Å². The molecular formula is C30H33F3O. The van der Waals surface area contributed by atoms with Gasteiger partial charge in [-0.3, -0.25) is 0 Å². The molecule has 3 aromatic carbocycles. The molecule has 0 amide bonds. The Bertz CT molecular complexity index is 1060. The first-order valence-electron chi connectivity index (χ1n) is 12.4. The largest absolute Gasteiger partial charge is 0.573 e. The van der Waals surface area contributed by atoms with Crippen molar-refractivity contribution in [1.29, 1.82) is 0 Å². The van der Waals surface area contributed by atoms with Gasteiger partial charge in [0.25, 0.3) is 0 Å². The monoisotopic (exact) mass is 466 g/mol. The second-order valence-corrected chi connectivity index (χ2v) is 9.38. The second-order valence-electron chi connectivity index (χ2n) is 9.38. The molecule has 0 spiro atoms. The van der Waals surface area contributed by atoms with Crippen LogP contribution in [0.15, 0.2) is 72.8 Å². The molecule has 1 nitrogen and oxygen atoms in total. The third-order valence-corrected chi connectivity index (χ3v) is 7.41. The van der Waals surface area contributed by atoms with Gasteiger partial charge in [-0.2, -0.15) is 0 Å². The van der Waals surface area contributed by atoms with Crippen molar-refractivity contribution in [2.45, 2.75) is 64.7 Å². The molecule has 4 rings (SSSR count). The van der Waals surface area contributed by atoms with E-state index in [0.29, 0.717) is 23.0 Å². The molecule has 0 aromatic heterocycles. The molecular weight excluding hydrogens is 433 g/mol. The molecule has 1 aliphatic carbocycles. The van der Waals surface area contributed by atoms with Crippen molar-refractivity contribution in [2.75, 3.05) is 0 Å². The molecule has 0 radical (unpaired) electrons. The number of ether oxygens (including phenoxy) is 1. The van der Waals surface area contributed by atoms with Crippen LogP contribution in [0.4, 0.5) is 13.2 Å². The fraction of sp³-hybridized carbons (Fsp3) is 0.400. The van der Waals surface area contributed by atoms with Crippen LogP contribution in [-0.2, 0) is 0 Å². The Labute approximate surface area is 201 Å². The Morgan fingerprint density at radius 3 is 2.12 bits per heavy atom. The maximum Gasteiger partial charge on any atom is 0.573 e. The minimum atomic E-state index is -4.74. The first kappa shape index (κ1) is 24.4. The highest BCUT2D eigenvalue weighted by Crippen LogP contribution is 2.45. The molecule has 0 saturated heterocycles. The summed E-state index contributed by atoms with van der Waals surface area (Å²) < 4.78 is 44.7. The molecule has 1 saturated carbocycles. The number of hydrogen-bond acceptors (Lipinski definition) is 1. The van der Waals surface area contributed by atoms with E-state index in [1.54, 1.807) is 12.1 Å². The van der Waals surface area contributed by atoms with E-state index in [1.165, 1.54) is 19.3 Å². The van der Waals surface area contributed by atoms with Crippen LogP contribution in [0.1, 0.15) is 63.9 Å². The quantitative estimate of drug-likeness (QED) is 0.337. The minimum absolute atomic E-state index is 0.111. The summed E-state index contributed by atoms with van der Waals surface area (Å²) in [5.74, 6) is 1.28. The van der Waals surface area contributed by atoms with Crippen molar-refractivity contribution < 1.29 is 17.9 Å². The van der Waals surface area contributed by atoms with Crippen molar-refractivity contribution in [3.05, 3.63) is 78.4 Å². The third kappa shape index (κ3) is 5.65. The predicted octanol–water partition coefficient (Wildman–Crippen LogP) is 9.63. The minimum Gasteiger partial charge on any atom is -0.405 e. The highest BCUT2D eigenvalue weighted by Gasteiger charge is 2.34. The Kier molecular flexibility index (Phi) is 7.65. The van der Waals surface area contributed by atoms with Gasteiger partial charge >= 0.3 is 6.36 Å². The van der Waals surface area contributed by atoms with Crippen LogP contribution < -0.4 is 4.74 Å². The van der Waals surface area contributed by atoms with E-state index in [4.69, 9.17) is 0 Å². The summed E-state index contributed by atoms with van der Waals surface area (Å²) in [6.07, 6.45) is 2.12. The Hall–Kier alpha value is -2.75. The number of halogens is 3. The summed E-state index contributed by atoms with van der Waals surface area (Å²) >= 11 is 0. The van der Waals surface area contributed by atoms with Crippen LogP contribution in [-0.4, -0.2) is 6.36 Å². The van der Waals surface area contributed by atoms with Gasteiger partial charge in [-0.15, -0.1) is 13.2 Å². The Morgan fingerprint density at radius 2 is 1.47 bits per heavy atom. The first-order valence-corrected chi connectivity index (χ1v) is 12.4. The van der Waals surface area contributed by atoms with E-state index in [-0.39, 0.29) is 11.7 Å². The van der Waals surface area contributed by atoms with E-state index in [0.717, 1.165) is 36.0 Å². The van der Waals surface area contributed by atoms with Crippen molar-refractivity contribution in [1.82, 2.24) is 0 Å². The molecule has 3 unspecified atom stereocenters. The molecule has 3 atom stereocenters. The molecule has 1 aliphatic rings. The summed E-state index contributed by atoms with van der Waals surface area (Å²) in [4.78, 5) is 0. The van der Waals surface area contributed by atoms with Gasteiger partial charge in [0.1, 0.15) is 5.75 Å². The molecule has 180 valence electrons. The second kappa shape index (κ2) is 10.7. The maximum atomic E-state index is 13.4. The van der Waals surface area contributed by atoms with Gasteiger partial charge < -0.3 is 4.74 Å². The molecule has 0 N–H and O–H groups in total. The molecule has 0 heterocycles. The van der Waals surface area contributed by atoms with Gasteiger partial charge in [-0.1, -0.05) is 106 Å². The lowest BCUT2D eigenvalue weighted by atomic mass is 9.68. The van der Waals surface area contributed by atoms with E-state index < -0.39 is 6.36 Å². The number of benzene rings is 3. The van der Waals surface area contributed by atoms with Crippen LogP contribution >= 0.6 is 0 Å². The first-order chi connectivity index (χ1) is 16.4. The number of hydrogen-bond donors (Lipinski definition) is 0. The predicted molar refractivity (Wildman–Crippen MR) is 133 cm³/mol. The lowest BCUT2D eigenvalue weighted by Gasteiger charge is -2.37. The average Bonchev–Trinajstić information content (AvgIpc) is 2.85. The maximum absolute atomic E-state index is 13.4. The fourth-order valence-electron chi connectivity index (χ4n) is 5.75. The zero-order chi connectivity index (χ0) is 24.1. The molecule has 3 aromatic rings. The van der Waals surface area contributed by atoms with Crippen molar-refractivity contribution in [3.63, 3.8) is 0 Å². The van der Waals surface area contributed by atoms with Crippen LogP contribution in [0, 0.1) is 11.8 Å². The fourth-order valence-corrected chi connectivity index (χ4v) is 5.75. The highest BCUT2D eigenvalue weighted by atomic mass is 19.4. The lowest BCUT2D eigenvalue weighted by Crippen LogP contribution is -2.25. The van der Waals surface area contributed by atoms with Gasteiger partial charge in [-0.25, -0.2) is 0 Å². The molecule has 0 aliphatic heterocycles. The summed E-state index contributed by atoms with van der Waals surface area (Å²) in [5, 5.41) is 0. The van der Waals surface area contributed by atoms with Crippen LogP contribution in [0.5, 0.6) is 5.75 Å².